The van der Waals surface area contributed by atoms with Crippen LogP contribution >= 0.6 is 7.82 Å². The van der Waals surface area contributed by atoms with Crippen LogP contribution < -0.4 is 5.32 Å². The van der Waals surface area contributed by atoms with Gasteiger partial charge in [-0.25, -0.2) is 4.57 Å². The number of phosphoric acid groups is 1. The number of quaternary nitrogens is 1. The van der Waals surface area contributed by atoms with E-state index in [2.05, 4.69) is 116 Å². The first kappa shape index (κ1) is 86.2. The third kappa shape index (κ3) is 72.4. The first-order chi connectivity index (χ1) is 43.5. The number of carbonyl (C=O) groups excluding carboxylic acids is 1. The topological polar surface area (TPSA) is 105 Å². The molecule has 3 N–H and O–H groups in total. The molecule has 3 unspecified atom stereocenters. The van der Waals surface area contributed by atoms with Crippen molar-refractivity contribution in [2.75, 3.05) is 40.9 Å². The van der Waals surface area contributed by atoms with E-state index < -0.39 is 20.0 Å². The van der Waals surface area contributed by atoms with Gasteiger partial charge in [0.15, 0.2) is 0 Å². The fraction of sp³-hybridized carbons (Fsp3) is 0.762. The van der Waals surface area contributed by atoms with Crippen LogP contribution in [-0.2, 0) is 18.4 Å². The van der Waals surface area contributed by atoms with Crippen molar-refractivity contribution in [2.45, 2.75) is 353 Å². The highest BCUT2D eigenvalue weighted by Crippen LogP contribution is 2.43. The molecule has 1 amide bonds. The number of unbranched alkanes of at least 4 members (excludes halogenated alkanes) is 40. The molecule has 8 nitrogen and oxygen atoms in total. The summed E-state index contributed by atoms with van der Waals surface area (Å²) in [5.41, 5.74) is 0. The lowest BCUT2D eigenvalue weighted by Gasteiger charge is -2.25. The van der Waals surface area contributed by atoms with Crippen molar-refractivity contribution < 1.29 is 32.9 Å². The number of nitrogens with zero attached hydrogens (tertiary/aromatic N) is 1. The predicted molar refractivity (Wildman–Crippen MR) is 392 cm³/mol. The average molecular weight is 1260 g/mol. The first-order valence-corrected chi connectivity index (χ1v) is 39.3. The van der Waals surface area contributed by atoms with Gasteiger partial charge in [-0.1, -0.05) is 354 Å². The number of aliphatic hydroxyl groups excluding tert-OH is 1. The first-order valence-electron chi connectivity index (χ1n) is 37.8. The summed E-state index contributed by atoms with van der Waals surface area (Å²) in [6, 6.07) is -0.869. The van der Waals surface area contributed by atoms with Gasteiger partial charge < -0.3 is 19.8 Å². The van der Waals surface area contributed by atoms with E-state index in [1.807, 2.05) is 27.2 Å². The quantitative estimate of drug-likeness (QED) is 0.0243. The second kappa shape index (κ2) is 69.5. The highest BCUT2D eigenvalue weighted by molar-refractivity contribution is 7.47. The summed E-state index contributed by atoms with van der Waals surface area (Å²) >= 11 is 0. The van der Waals surface area contributed by atoms with Crippen molar-refractivity contribution in [3.05, 3.63) is 109 Å². The molecule has 0 heterocycles. The lowest BCUT2D eigenvalue weighted by atomic mass is 10.0. The third-order valence-corrected chi connectivity index (χ3v) is 17.7. The van der Waals surface area contributed by atoms with Crippen LogP contribution in [-0.4, -0.2) is 73.4 Å². The molecule has 3 atom stereocenters. The van der Waals surface area contributed by atoms with Gasteiger partial charge in [0.2, 0.25) is 5.91 Å². The van der Waals surface area contributed by atoms with Crippen molar-refractivity contribution in [1.82, 2.24) is 5.32 Å². The van der Waals surface area contributed by atoms with Crippen LogP contribution in [0.3, 0.4) is 0 Å². The normalized spacial score (nSPS) is 14.2. The molecule has 0 spiro atoms. The van der Waals surface area contributed by atoms with Crippen molar-refractivity contribution in [3.8, 4) is 0 Å². The summed E-state index contributed by atoms with van der Waals surface area (Å²) in [4.78, 5) is 23.5. The van der Waals surface area contributed by atoms with E-state index in [9.17, 15) is 19.4 Å². The molecule has 516 valence electrons. The van der Waals surface area contributed by atoms with E-state index in [1.165, 1.54) is 238 Å². The molecule has 9 heteroatoms. The lowest BCUT2D eigenvalue weighted by Crippen LogP contribution is -2.45. The number of likely N-dealkylation sites (N-methyl/N-ethyl adjacent to an activating group) is 1. The maximum absolute atomic E-state index is 13.1. The lowest BCUT2D eigenvalue weighted by molar-refractivity contribution is -0.870. The van der Waals surface area contributed by atoms with Crippen LogP contribution in [0.15, 0.2) is 109 Å². The molecule has 0 aromatic heterocycles. The summed E-state index contributed by atoms with van der Waals surface area (Å²) in [6.45, 7) is 4.72. The zero-order valence-electron chi connectivity index (χ0n) is 59.2. The fourth-order valence-corrected chi connectivity index (χ4v) is 11.7. The number of hydrogen-bond acceptors (Lipinski definition) is 5. The minimum Gasteiger partial charge on any atom is -0.387 e. The Labute approximate surface area is 552 Å². The maximum Gasteiger partial charge on any atom is 0.472 e. The molecule has 0 saturated heterocycles. The summed E-state index contributed by atoms with van der Waals surface area (Å²) in [6.07, 6.45) is 103. The number of nitrogens with one attached hydrogen (secondary N) is 1. The number of amides is 1. The Hall–Kier alpha value is -2.84. The minimum absolute atomic E-state index is 0.0544. The summed E-state index contributed by atoms with van der Waals surface area (Å²) in [5.74, 6) is -0.184. The molecule has 89 heavy (non-hydrogen) atoms. The number of aliphatic hydroxyl groups is 1. The van der Waals surface area contributed by atoms with Gasteiger partial charge in [0, 0.05) is 6.42 Å². The van der Waals surface area contributed by atoms with E-state index in [4.69, 9.17) is 9.05 Å². The zero-order chi connectivity index (χ0) is 64.8. The summed E-state index contributed by atoms with van der Waals surface area (Å²) in [5, 5.41) is 14.0. The molecule has 0 aliphatic rings. The van der Waals surface area contributed by atoms with E-state index in [1.54, 1.807) is 6.08 Å². The Morgan fingerprint density at radius 3 is 1.03 bits per heavy atom. The Bertz CT molecular complexity index is 1820. The smallest absolute Gasteiger partial charge is 0.387 e. The van der Waals surface area contributed by atoms with Gasteiger partial charge in [0.1, 0.15) is 13.2 Å². The molecule has 0 aromatic rings. The van der Waals surface area contributed by atoms with E-state index in [0.717, 1.165) is 83.5 Å². The van der Waals surface area contributed by atoms with Crippen molar-refractivity contribution in [1.29, 1.82) is 0 Å². The molecular weight excluding hydrogens is 1120 g/mol. The number of allylic oxidation sites excluding steroid dienone is 17. The SMILES string of the molecule is CC/C=C\C/C=C\C/C=C\C/C=C\C/C=C\C/C=C\C/C=C\CCCCCCCCCCCCCCCCCCCCCC(=O)NC(COP(=O)(O)OCC[N+](C)(C)C)C(O)/C=C/CC/C=C/CCCCCCCCCCCCCCCCCCCCCC. The standard InChI is InChI=1S/C80H145N2O6P/c1-6-8-10-12-14-16-18-20-22-24-26-28-30-32-34-35-36-37-38-39-40-41-42-43-44-45-46-47-48-50-52-54-56-58-60-62-64-66-68-70-72-74-80(84)81-78(77-88-89(85,86)87-76-75-82(3,4)5)79(83)73-71-69-67-65-63-61-59-57-55-53-51-49-33-31-29-27-25-23-21-19-17-15-13-11-9-7-2/h8,10,14,16,20,22,26,28,32,34,36-37,39-40,63,65,71,73,78-79,83H,6-7,9,11-13,15,17-19,21,23-25,27,29-31,33,35,38,41-62,64,66-70,72,74-77H2,1-5H3,(H-,81,84,85,86)/p+1/b10-8-,16-14-,22-20-,28-26-,34-32-,37-36-,40-39-,65-63+,73-71+. The number of carbonyl (C=O) groups is 1. The monoisotopic (exact) mass is 1260 g/mol. The number of hydrogen-bond donors (Lipinski definition) is 3. The average Bonchev–Trinajstić information content (AvgIpc) is 3.61. The Morgan fingerprint density at radius 2 is 0.685 bits per heavy atom. The van der Waals surface area contributed by atoms with E-state index >= 15 is 0 Å². The van der Waals surface area contributed by atoms with Gasteiger partial charge in [-0.15, -0.1) is 0 Å². The molecule has 0 aliphatic carbocycles. The molecule has 0 radical (unpaired) electrons. The van der Waals surface area contributed by atoms with Crippen molar-refractivity contribution in [3.63, 3.8) is 0 Å². The molecule has 0 aliphatic heterocycles. The van der Waals surface area contributed by atoms with Crippen LogP contribution in [0, 0.1) is 0 Å². The Kier molecular flexibility index (Phi) is 67.3. The molecule has 0 fully saturated rings. The number of phosphoric ester groups is 1. The maximum atomic E-state index is 13.1. The Morgan fingerprint density at radius 1 is 0.393 bits per heavy atom. The third-order valence-electron chi connectivity index (χ3n) is 16.7. The largest absolute Gasteiger partial charge is 0.472 e. The molecule has 0 saturated carbocycles. The van der Waals surface area contributed by atoms with Crippen LogP contribution in [0.2, 0.25) is 0 Å². The van der Waals surface area contributed by atoms with Crippen molar-refractivity contribution >= 4 is 13.7 Å². The Balaban J connectivity index is 4.02. The number of rotatable bonds is 69. The highest BCUT2D eigenvalue weighted by atomic mass is 31.2. The van der Waals surface area contributed by atoms with Gasteiger partial charge in [0.05, 0.1) is 39.9 Å². The zero-order valence-corrected chi connectivity index (χ0v) is 60.0. The van der Waals surface area contributed by atoms with E-state index in [0.29, 0.717) is 17.4 Å². The van der Waals surface area contributed by atoms with Gasteiger partial charge in [-0.2, -0.15) is 0 Å². The predicted octanol–water partition coefficient (Wildman–Crippen LogP) is 24.6. The van der Waals surface area contributed by atoms with Crippen LogP contribution in [0.1, 0.15) is 341 Å². The molecule has 0 aromatic carbocycles. The minimum atomic E-state index is -4.37. The van der Waals surface area contributed by atoms with Crippen LogP contribution in [0.5, 0.6) is 0 Å². The van der Waals surface area contributed by atoms with E-state index in [-0.39, 0.29) is 19.1 Å². The molecule has 0 bridgehead atoms. The van der Waals surface area contributed by atoms with Gasteiger partial charge >= 0.3 is 7.82 Å². The summed E-state index contributed by atoms with van der Waals surface area (Å²) < 4.78 is 23.8. The van der Waals surface area contributed by atoms with Crippen molar-refractivity contribution in [2.24, 2.45) is 0 Å². The fourth-order valence-electron chi connectivity index (χ4n) is 10.9. The molecular formula is C80H146N2O6P+. The highest BCUT2D eigenvalue weighted by Gasteiger charge is 2.28. The second-order valence-electron chi connectivity index (χ2n) is 26.6. The second-order valence-corrected chi connectivity index (χ2v) is 28.1. The van der Waals surface area contributed by atoms with Gasteiger partial charge in [0.25, 0.3) is 0 Å². The van der Waals surface area contributed by atoms with Crippen LogP contribution in [0.4, 0.5) is 0 Å². The summed E-state index contributed by atoms with van der Waals surface area (Å²) in [7, 11) is 1.56. The van der Waals surface area contributed by atoms with Gasteiger partial charge in [-0.3, -0.25) is 13.8 Å². The van der Waals surface area contributed by atoms with Gasteiger partial charge in [-0.05, 0) is 89.9 Å². The van der Waals surface area contributed by atoms with Crippen LogP contribution in [0.25, 0.3) is 0 Å². The molecule has 0 rings (SSSR count).